The lowest BCUT2D eigenvalue weighted by atomic mass is 10.2. The maximum atomic E-state index is 12.5. The van der Waals surface area contributed by atoms with Gasteiger partial charge in [0.25, 0.3) is 5.91 Å². The number of nitrogens with one attached hydrogen (secondary N) is 2. The molecule has 0 fully saturated rings. The SMILES string of the molecule is COc1ccc(-c2nc3n(n2)C(CC(=O)Nc2ccc4c(c2)OCO4)C(=O)N3)cc1. The fourth-order valence-corrected chi connectivity index (χ4v) is 3.33. The van der Waals surface area contributed by atoms with Crippen molar-refractivity contribution in [3.8, 4) is 28.6 Å². The van der Waals surface area contributed by atoms with E-state index in [2.05, 4.69) is 20.7 Å². The molecule has 5 rings (SSSR count). The quantitative estimate of drug-likeness (QED) is 0.666. The Hall–Kier alpha value is -4.08. The van der Waals surface area contributed by atoms with E-state index < -0.39 is 6.04 Å². The Labute approximate surface area is 170 Å². The van der Waals surface area contributed by atoms with Crippen LogP contribution in [0.3, 0.4) is 0 Å². The summed E-state index contributed by atoms with van der Waals surface area (Å²) in [5, 5.41) is 9.86. The van der Waals surface area contributed by atoms with Gasteiger partial charge in [0.1, 0.15) is 11.8 Å². The van der Waals surface area contributed by atoms with Gasteiger partial charge >= 0.3 is 0 Å². The van der Waals surface area contributed by atoms with Crippen LogP contribution in [0.5, 0.6) is 17.2 Å². The van der Waals surface area contributed by atoms with Crippen LogP contribution in [-0.4, -0.2) is 40.5 Å². The molecule has 0 spiro atoms. The second-order valence-corrected chi connectivity index (χ2v) is 6.76. The lowest BCUT2D eigenvalue weighted by molar-refractivity contribution is -0.123. The fraction of sp³-hybridized carbons (Fsp3) is 0.200. The molecule has 3 aromatic rings. The van der Waals surface area contributed by atoms with Crippen LogP contribution in [0.2, 0.25) is 0 Å². The maximum absolute atomic E-state index is 12.5. The first-order chi connectivity index (χ1) is 14.6. The molecular weight excluding hydrogens is 390 g/mol. The molecule has 10 heteroatoms. The smallest absolute Gasteiger partial charge is 0.252 e. The molecule has 2 N–H and O–H groups in total. The molecule has 0 saturated carbocycles. The third kappa shape index (κ3) is 3.17. The number of amides is 2. The summed E-state index contributed by atoms with van der Waals surface area (Å²) in [5.41, 5.74) is 1.33. The molecule has 1 aromatic heterocycles. The average Bonchev–Trinajstić information content (AvgIpc) is 3.44. The lowest BCUT2D eigenvalue weighted by Gasteiger charge is -2.10. The predicted molar refractivity (Wildman–Crippen MR) is 105 cm³/mol. The molecule has 2 amide bonds. The van der Waals surface area contributed by atoms with E-state index in [1.54, 1.807) is 37.4 Å². The van der Waals surface area contributed by atoms with Crippen LogP contribution in [0.4, 0.5) is 11.6 Å². The number of aromatic nitrogens is 3. The third-order valence-electron chi connectivity index (χ3n) is 4.85. The van der Waals surface area contributed by atoms with Crippen LogP contribution < -0.4 is 24.8 Å². The van der Waals surface area contributed by atoms with Gasteiger partial charge in [-0.25, -0.2) is 4.68 Å². The molecular formula is C20H17N5O5. The molecule has 0 saturated heterocycles. The van der Waals surface area contributed by atoms with Crippen LogP contribution in [-0.2, 0) is 9.59 Å². The molecule has 30 heavy (non-hydrogen) atoms. The van der Waals surface area contributed by atoms with Crippen molar-refractivity contribution in [2.75, 3.05) is 24.5 Å². The van der Waals surface area contributed by atoms with Gasteiger partial charge in [0.15, 0.2) is 17.3 Å². The van der Waals surface area contributed by atoms with E-state index in [-0.39, 0.29) is 25.0 Å². The zero-order chi connectivity index (χ0) is 20.7. The molecule has 3 heterocycles. The first-order valence-electron chi connectivity index (χ1n) is 9.22. The summed E-state index contributed by atoms with van der Waals surface area (Å²) >= 11 is 0. The van der Waals surface area contributed by atoms with Crippen LogP contribution >= 0.6 is 0 Å². The number of ether oxygens (including phenoxy) is 3. The van der Waals surface area contributed by atoms with Gasteiger partial charge in [-0.1, -0.05) is 0 Å². The topological polar surface area (TPSA) is 117 Å². The second kappa shape index (κ2) is 7.07. The molecule has 2 aliphatic rings. The zero-order valence-electron chi connectivity index (χ0n) is 15.9. The lowest BCUT2D eigenvalue weighted by Crippen LogP contribution is -2.23. The first-order valence-corrected chi connectivity index (χ1v) is 9.22. The largest absolute Gasteiger partial charge is 0.497 e. The van der Waals surface area contributed by atoms with Gasteiger partial charge < -0.3 is 19.5 Å². The molecule has 0 radical (unpaired) electrons. The highest BCUT2D eigenvalue weighted by Gasteiger charge is 2.35. The number of nitrogens with zero attached hydrogens (tertiary/aromatic N) is 3. The number of carbonyl (C=O) groups is 2. The molecule has 10 nitrogen and oxygen atoms in total. The Morgan fingerprint density at radius 2 is 2.03 bits per heavy atom. The Morgan fingerprint density at radius 1 is 1.23 bits per heavy atom. The number of hydrogen-bond acceptors (Lipinski definition) is 7. The van der Waals surface area contributed by atoms with Crippen LogP contribution in [0, 0.1) is 0 Å². The standard InChI is InChI=1S/C20H17N5O5/c1-28-13-5-2-11(3-6-13)18-22-20-23-19(27)14(25(20)24-18)9-17(26)21-12-4-7-15-16(8-12)30-10-29-15/h2-8,14H,9-10H2,1H3,(H,21,26)(H,22,23,24,27). The highest BCUT2D eigenvalue weighted by molar-refractivity contribution is 6.01. The average molecular weight is 407 g/mol. The van der Waals surface area contributed by atoms with Gasteiger partial charge in [-0.3, -0.25) is 14.9 Å². The van der Waals surface area contributed by atoms with E-state index in [4.69, 9.17) is 14.2 Å². The Morgan fingerprint density at radius 3 is 2.83 bits per heavy atom. The van der Waals surface area contributed by atoms with Gasteiger partial charge in [-0.2, -0.15) is 4.98 Å². The normalized spacial score (nSPS) is 16.2. The first kappa shape index (κ1) is 18.0. The number of benzene rings is 2. The number of anilines is 2. The van der Waals surface area contributed by atoms with Crippen molar-refractivity contribution in [1.82, 2.24) is 14.8 Å². The minimum Gasteiger partial charge on any atom is -0.497 e. The summed E-state index contributed by atoms with van der Waals surface area (Å²) in [5.74, 6) is 2.02. The van der Waals surface area contributed by atoms with Gasteiger partial charge in [0.2, 0.25) is 18.6 Å². The third-order valence-corrected chi connectivity index (χ3v) is 4.85. The Bertz CT molecular complexity index is 1140. The van der Waals surface area contributed by atoms with E-state index in [1.165, 1.54) is 4.68 Å². The summed E-state index contributed by atoms with van der Waals surface area (Å²) in [4.78, 5) is 29.2. The number of carbonyl (C=O) groups excluding carboxylic acids is 2. The van der Waals surface area contributed by atoms with Crippen molar-refractivity contribution < 1.29 is 23.8 Å². The van der Waals surface area contributed by atoms with Crippen LogP contribution in [0.1, 0.15) is 12.5 Å². The van der Waals surface area contributed by atoms with E-state index in [9.17, 15) is 9.59 Å². The number of fused-ring (bicyclic) bond motifs is 2. The number of hydrogen-bond donors (Lipinski definition) is 2. The highest BCUT2D eigenvalue weighted by Crippen LogP contribution is 2.34. The molecule has 2 aliphatic heterocycles. The second-order valence-electron chi connectivity index (χ2n) is 6.76. The van der Waals surface area contributed by atoms with Crippen molar-refractivity contribution in [3.63, 3.8) is 0 Å². The summed E-state index contributed by atoms with van der Waals surface area (Å²) in [6.07, 6.45) is -0.0846. The summed E-state index contributed by atoms with van der Waals surface area (Å²) < 4.78 is 17.2. The molecule has 1 unspecified atom stereocenters. The maximum Gasteiger partial charge on any atom is 0.252 e. The summed E-state index contributed by atoms with van der Waals surface area (Å²) in [6, 6.07) is 11.6. The summed E-state index contributed by atoms with van der Waals surface area (Å²) in [6.45, 7) is 0.153. The molecule has 1 atom stereocenters. The Balaban J connectivity index is 1.31. The van der Waals surface area contributed by atoms with Crippen molar-refractivity contribution in [2.24, 2.45) is 0 Å². The van der Waals surface area contributed by atoms with Gasteiger partial charge in [-0.15, -0.1) is 5.10 Å². The van der Waals surface area contributed by atoms with Gasteiger partial charge in [-0.05, 0) is 36.4 Å². The Kier molecular flexibility index (Phi) is 4.24. The van der Waals surface area contributed by atoms with Crippen LogP contribution in [0.25, 0.3) is 11.4 Å². The van der Waals surface area contributed by atoms with Crippen molar-refractivity contribution >= 4 is 23.5 Å². The van der Waals surface area contributed by atoms with Crippen molar-refractivity contribution in [1.29, 1.82) is 0 Å². The van der Waals surface area contributed by atoms with Crippen molar-refractivity contribution in [3.05, 3.63) is 42.5 Å². The molecule has 0 aliphatic carbocycles. The van der Waals surface area contributed by atoms with E-state index in [0.717, 1.165) is 11.3 Å². The van der Waals surface area contributed by atoms with Gasteiger partial charge in [0.05, 0.1) is 13.5 Å². The number of rotatable bonds is 5. The minimum atomic E-state index is -0.784. The minimum absolute atomic E-state index is 0.0846. The van der Waals surface area contributed by atoms with Crippen molar-refractivity contribution in [2.45, 2.75) is 12.5 Å². The van der Waals surface area contributed by atoms with E-state index >= 15 is 0 Å². The van der Waals surface area contributed by atoms with Gasteiger partial charge in [0, 0.05) is 17.3 Å². The predicted octanol–water partition coefficient (Wildman–Crippen LogP) is 2.20. The zero-order valence-corrected chi connectivity index (χ0v) is 15.9. The van der Waals surface area contributed by atoms with E-state index in [1.807, 2.05) is 12.1 Å². The van der Waals surface area contributed by atoms with Crippen LogP contribution in [0.15, 0.2) is 42.5 Å². The highest BCUT2D eigenvalue weighted by atomic mass is 16.7. The van der Waals surface area contributed by atoms with E-state index in [0.29, 0.717) is 29.0 Å². The fourth-order valence-electron chi connectivity index (χ4n) is 3.33. The molecule has 2 aromatic carbocycles. The number of methoxy groups -OCH3 is 1. The molecule has 0 bridgehead atoms. The summed E-state index contributed by atoms with van der Waals surface area (Å²) in [7, 11) is 1.59. The molecule has 152 valence electrons. The monoisotopic (exact) mass is 407 g/mol.